The first-order chi connectivity index (χ1) is 8.44. The number of carbonyl (C=O) groups is 1. The van der Waals surface area contributed by atoms with Crippen LogP contribution >= 0.6 is 15.9 Å². The molecule has 3 nitrogen and oxygen atoms in total. The number of hydrogen-bond donors (Lipinski definition) is 2. The summed E-state index contributed by atoms with van der Waals surface area (Å²) in [6, 6.07) is 7.63. The molecule has 0 spiro atoms. The summed E-state index contributed by atoms with van der Waals surface area (Å²) in [4.78, 5) is 11.5. The maximum absolute atomic E-state index is 11.5. The minimum atomic E-state index is -0.793. The van der Waals surface area contributed by atoms with Crippen molar-refractivity contribution in [3.8, 4) is 0 Å². The number of rotatable bonds is 4. The maximum atomic E-state index is 11.5. The van der Waals surface area contributed by atoms with Crippen molar-refractivity contribution in [1.82, 2.24) is 0 Å². The Morgan fingerprint density at radius 1 is 1.44 bits per heavy atom. The molecule has 1 aliphatic rings. The van der Waals surface area contributed by atoms with Crippen LogP contribution in [0, 0.1) is 11.8 Å². The lowest BCUT2D eigenvalue weighted by Crippen LogP contribution is -2.57. The van der Waals surface area contributed by atoms with E-state index in [1.165, 1.54) is 0 Å². The Hall–Kier alpha value is -1.03. The second kappa shape index (κ2) is 4.92. The van der Waals surface area contributed by atoms with E-state index in [1.807, 2.05) is 24.3 Å². The Balaban J connectivity index is 2.15. The lowest BCUT2D eigenvalue weighted by atomic mass is 9.64. The van der Waals surface area contributed by atoms with E-state index in [0.717, 1.165) is 10.2 Å². The number of benzene rings is 1. The molecule has 0 atom stereocenters. The zero-order valence-corrected chi connectivity index (χ0v) is 12.2. The molecular weight excluding hydrogens is 294 g/mol. The van der Waals surface area contributed by atoms with Crippen LogP contribution in [0.25, 0.3) is 0 Å². The van der Waals surface area contributed by atoms with Gasteiger partial charge in [-0.05, 0) is 52.7 Å². The summed E-state index contributed by atoms with van der Waals surface area (Å²) >= 11 is 3.44. The smallest absolute Gasteiger partial charge is 0.329 e. The lowest BCUT2D eigenvalue weighted by molar-refractivity contribution is -0.148. The molecule has 0 bridgehead atoms. The number of anilines is 1. The summed E-state index contributed by atoms with van der Waals surface area (Å²) < 4.78 is 0.902. The van der Waals surface area contributed by atoms with Crippen molar-refractivity contribution in [3.63, 3.8) is 0 Å². The minimum Gasteiger partial charge on any atom is -0.480 e. The third kappa shape index (κ3) is 2.39. The first-order valence-electron chi connectivity index (χ1n) is 6.21. The maximum Gasteiger partial charge on any atom is 0.329 e. The fraction of sp³-hybridized carbons (Fsp3) is 0.500. The zero-order chi connectivity index (χ0) is 13.3. The Bertz CT molecular complexity index is 453. The molecule has 18 heavy (non-hydrogen) atoms. The van der Waals surface area contributed by atoms with Crippen molar-refractivity contribution in [2.45, 2.75) is 32.2 Å². The van der Waals surface area contributed by atoms with E-state index in [2.05, 4.69) is 35.1 Å². The van der Waals surface area contributed by atoms with Crippen molar-refractivity contribution in [2.75, 3.05) is 5.32 Å². The molecule has 0 heterocycles. The SMILES string of the molecule is CC(C)C1CC(Nc2ccccc2Br)(C(=O)O)C1. The molecule has 98 valence electrons. The van der Waals surface area contributed by atoms with E-state index < -0.39 is 11.5 Å². The number of halogens is 1. The van der Waals surface area contributed by atoms with E-state index in [4.69, 9.17) is 0 Å². The van der Waals surface area contributed by atoms with E-state index >= 15 is 0 Å². The summed E-state index contributed by atoms with van der Waals surface area (Å²) in [5.74, 6) is 0.282. The van der Waals surface area contributed by atoms with Crippen LogP contribution in [0.4, 0.5) is 5.69 Å². The highest BCUT2D eigenvalue weighted by molar-refractivity contribution is 9.10. The van der Waals surface area contributed by atoms with Crippen LogP contribution in [0.5, 0.6) is 0 Å². The summed E-state index contributed by atoms with van der Waals surface area (Å²) in [5.41, 5.74) is 0.0563. The summed E-state index contributed by atoms with van der Waals surface area (Å²) in [6.45, 7) is 4.30. The van der Waals surface area contributed by atoms with Crippen LogP contribution in [0.1, 0.15) is 26.7 Å². The largest absolute Gasteiger partial charge is 0.480 e. The van der Waals surface area contributed by atoms with Gasteiger partial charge in [0.25, 0.3) is 0 Å². The van der Waals surface area contributed by atoms with Crippen LogP contribution in [-0.2, 0) is 4.79 Å². The van der Waals surface area contributed by atoms with Crippen LogP contribution < -0.4 is 5.32 Å². The number of hydrogen-bond acceptors (Lipinski definition) is 2. The van der Waals surface area contributed by atoms with Crippen molar-refractivity contribution in [1.29, 1.82) is 0 Å². The molecule has 1 aromatic rings. The molecule has 1 aliphatic carbocycles. The van der Waals surface area contributed by atoms with E-state index in [9.17, 15) is 9.90 Å². The first kappa shape index (κ1) is 13.4. The quantitative estimate of drug-likeness (QED) is 0.890. The summed E-state index contributed by atoms with van der Waals surface area (Å²) in [7, 11) is 0. The molecule has 0 amide bonds. The molecular formula is C14H18BrNO2. The Morgan fingerprint density at radius 3 is 2.56 bits per heavy atom. The zero-order valence-electron chi connectivity index (χ0n) is 10.6. The molecule has 2 rings (SSSR count). The predicted octanol–water partition coefficient (Wildman–Crippen LogP) is 3.75. The Kier molecular flexibility index (Phi) is 3.66. The highest BCUT2D eigenvalue weighted by atomic mass is 79.9. The highest BCUT2D eigenvalue weighted by Gasteiger charge is 2.51. The molecule has 0 radical (unpaired) electrons. The summed E-state index contributed by atoms with van der Waals surface area (Å²) in [6.07, 6.45) is 1.39. The lowest BCUT2D eigenvalue weighted by Gasteiger charge is -2.47. The van der Waals surface area contributed by atoms with Gasteiger partial charge >= 0.3 is 5.97 Å². The molecule has 1 saturated carbocycles. The average molecular weight is 312 g/mol. The van der Waals surface area contributed by atoms with Gasteiger partial charge in [0.05, 0.1) is 0 Å². The Labute approximate surface area is 116 Å². The second-order valence-electron chi connectivity index (χ2n) is 5.40. The molecule has 2 N–H and O–H groups in total. The number of para-hydroxylation sites is 1. The van der Waals surface area contributed by atoms with Crippen LogP contribution in [-0.4, -0.2) is 16.6 Å². The minimum absolute atomic E-state index is 0.496. The molecule has 4 heteroatoms. The highest BCUT2D eigenvalue weighted by Crippen LogP contribution is 2.45. The van der Waals surface area contributed by atoms with E-state index in [0.29, 0.717) is 24.7 Å². The van der Waals surface area contributed by atoms with Gasteiger partial charge in [0, 0.05) is 10.2 Å². The van der Waals surface area contributed by atoms with Crippen molar-refractivity contribution >= 4 is 27.6 Å². The molecule has 0 saturated heterocycles. The van der Waals surface area contributed by atoms with Crippen molar-refractivity contribution in [3.05, 3.63) is 28.7 Å². The van der Waals surface area contributed by atoms with Crippen LogP contribution in [0.3, 0.4) is 0 Å². The van der Waals surface area contributed by atoms with Gasteiger partial charge in [-0.15, -0.1) is 0 Å². The van der Waals surface area contributed by atoms with Gasteiger partial charge in [-0.3, -0.25) is 0 Å². The normalized spacial score (nSPS) is 26.8. The van der Waals surface area contributed by atoms with E-state index in [-0.39, 0.29) is 0 Å². The fourth-order valence-electron chi connectivity index (χ4n) is 2.46. The third-order valence-corrected chi connectivity index (χ3v) is 4.51. The van der Waals surface area contributed by atoms with Gasteiger partial charge in [-0.1, -0.05) is 26.0 Å². The van der Waals surface area contributed by atoms with Gasteiger partial charge in [0.15, 0.2) is 0 Å². The van der Waals surface area contributed by atoms with Crippen molar-refractivity contribution in [2.24, 2.45) is 11.8 Å². The molecule has 0 aliphatic heterocycles. The van der Waals surface area contributed by atoms with Gasteiger partial charge in [-0.25, -0.2) is 4.79 Å². The van der Waals surface area contributed by atoms with Crippen LogP contribution in [0.15, 0.2) is 28.7 Å². The number of nitrogens with one attached hydrogen (secondary N) is 1. The fourth-order valence-corrected chi connectivity index (χ4v) is 2.84. The molecule has 0 aromatic heterocycles. The van der Waals surface area contributed by atoms with Gasteiger partial charge in [-0.2, -0.15) is 0 Å². The predicted molar refractivity (Wildman–Crippen MR) is 75.7 cm³/mol. The topological polar surface area (TPSA) is 49.3 Å². The van der Waals surface area contributed by atoms with Gasteiger partial charge in [0.1, 0.15) is 5.54 Å². The monoisotopic (exact) mass is 311 g/mol. The first-order valence-corrected chi connectivity index (χ1v) is 7.00. The van der Waals surface area contributed by atoms with E-state index in [1.54, 1.807) is 0 Å². The second-order valence-corrected chi connectivity index (χ2v) is 6.26. The van der Waals surface area contributed by atoms with Gasteiger partial charge in [0.2, 0.25) is 0 Å². The number of aliphatic carboxylic acids is 1. The Morgan fingerprint density at radius 2 is 2.06 bits per heavy atom. The molecule has 0 unspecified atom stereocenters. The number of carboxylic acid groups (broad SMARTS) is 1. The third-order valence-electron chi connectivity index (χ3n) is 3.82. The van der Waals surface area contributed by atoms with Gasteiger partial charge < -0.3 is 10.4 Å². The standard InChI is InChI=1S/C14H18BrNO2/c1-9(2)10-7-14(8-10,13(17)18)16-12-6-4-3-5-11(12)15/h3-6,9-10,16H,7-8H2,1-2H3,(H,17,18). The number of carboxylic acids is 1. The summed E-state index contributed by atoms with van der Waals surface area (Å²) in [5, 5.41) is 12.7. The van der Waals surface area contributed by atoms with Crippen LogP contribution in [0.2, 0.25) is 0 Å². The van der Waals surface area contributed by atoms with Crippen molar-refractivity contribution < 1.29 is 9.90 Å². The molecule has 1 fully saturated rings. The molecule has 1 aromatic carbocycles. The average Bonchev–Trinajstić information content (AvgIpc) is 2.24.